The Labute approximate surface area is 139 Å². The number of likely N-dealkylation sites (N-methyl/N-ethyl adjacent to an activating group) is 1. The molecule has 128 valence electrons. The molecule has 1 rings (SSSR count). The predicted octanol–water partition coefficient (Wildman–Crippen LogP) is 2.82. The summed E-state index contributed by atoms with van der Waals surface area (Å²) in [5.41, 5.74) is 3.55. The van der Waals surface area contributed by atoms with Crippen LogP contribution >= 0.6 is 0 Å². The van der Waals surface area contributed by atoms with Gasteiger partial charge in [0.25, 0.3) is 0 Å². The van der Waals surface area contributed by atoms with Crippen molar-refractivity contribution in [3.05, 3.63) is 28.8 Å². The maximum atomic E-state index is 12.2. The average molecular weight is 320 g/mol. The number of esters is 1. The van der Waals surface area contributed by atoms with Gasteiger partial charge < -0.3 is 10.1 Å². The molecule has 23 heavy (non-hydrogen) atoms. The van der Waals surface area contributed by atoms with Crippen molar-refractivity contribution in [1.82, 2.24) is 4.90 Å². The van der Waals surface area contributed by atoms with Crippen LogP contribution < -0.4 is 5.32 Å². The van der Waals surface area contributed by atoms with Crippen molar-refractivity contribution < 1.29 is 14.3 Å². The van der Waals surface area contributed by atoms with E-state index in [1.54, 1.807) is 11.9 Å². The molecule has 5 heteroatoms. The van der Waals surface area contributed by atoms with E-state index in [4.69, 9.17) is 4.74 Å². The van der Waals surface area contributed by atoms with Gasteiger partial charge in [0.05, 0.1) is 13.1 Å². The number of ether oxygens (including phenoxy) is 1. The minimum Gasteiger partial charge on any atom is -0.459 e. The maximum absolute atomic E-state index is 12.2. The highest BCUT2D eigenvalue weighted by atomic mass is 16.6. The number of benzene rings is 1. The number of nitrogens with zero attached hydrogens (tertiary/aromatic N) is 1. The molecule has 0 spiro atoms. The van der Waals surface area contributed by atoms with Crippen LogP contribution in [0, 0.1) is 20.8 Å². The molecule has 0 aromatic heterocycles. The highest BCUT2D eigenvalue weighted by Gasteiger charge is 2.19. The molecule has 1 aromatic rings. The van der Waals surface area contributed by atoms with Gasteiger partial charge in [-0.1, -0.05) is 17.7 Å². The van der Waals surface area contributed by atoms with Gasteiger partial charge in [-0.2, -0.15) is 0 Å². The molecule has 0 aliphatic rings. The van der Waals surface area contributed by atoms with E-state index >= 15 is 0 Å². The van der Waals surface area contributed by atoms with Crippen LogP contribution in [0.25, 0.3) is 0 Å². The van der Waals surface area contributed by atoms with E-state index in [-0.39, 0.29) is 25.0 Å². The van der Waals surface area contributed by atoms with Crippen LogP contribution in [0.1, 0.15) is 37.5 Å². The molecule has 0 heterocycles. The first-order valence-corrected chi connectivity index (χ1v) is 7.76. The zero-order chi connectivity index (χ0) is 17.8. The van der Waals surface area contributed by atoms with E-state index in [0.717, 1.165) is 16.8 Å². The zero-order valence-corrected chi connectivity index (χ0v) is 15.2. The summed E-state index contributed by atoms with van der Waals surface area (Å²) in [4.78, 5) is 25.6. The minimum absolute atomic E-state index is 0.0799. The molecule has 0 aliphatic carbocycles. The largest absolute Gasteiger partial charge is 0.459 e. The molecule has 0 unspecified atom stereocenters. The lowest BCUT2D eigenvalue weighted by Crippen LogP contribution is -2.37. The van der Waals surface area contributed by atoms with Crippen molar-refractivity contribution in [3.63, 3.8) is 0 Å². The van der Waals surface area contributed by atoms with Gasteiger partial charge in [0.15, 0.2) is 0 Å². The molecule has 0 bridgehead atoms. The Balaban J connectivity index is 2.59. The van der Waals surface area contributed by atoms with Crippen LogP contribution in [-0.4, -0.2) is 42.5 Å². The Morgan fingerprint density at radius 3 is 2.09 bits per heavy atom. The summed E-state index contributed by atoms with van der Waals surface area (Å²) in [6, 6.07) is 4.07. The molecule has 0 saturated heterocycles. The number of hydrogen-bond acceptors (Lipinski definition) is 4. The molecular formula is C18H28N2O3. The number of rotatable bonds is 5. The van der Waals surface area contributed by atoms with E-state index in [1.165, 1.54) is 5.56 Å². The minimum atomic E-state index is -0.518. The topological polar surface area (TPSA) is 58.6 Å². The number of carbonyl (C=O) groups is 2. The first-order chi connectivity index (χ1) is 10.5. The summed E-state index contributed by atoms with van der Waals surface area (Å²) in [5.74, 6) is -0.485. The number of anilines is 1. The summed E-state index contributed by atoms with van der Waals surface area (Å²) in [7, 11) is 1.72. The smallest absolute Gasteiger partial charge is 0.320 e. The maximum Gasteiger partial charge on any atom is 0.320 e. The second kappa shape index (κ2) is 7.59. The average Bonchev–Trinajstić information content (AvgIpc) is 2.30. The molecule has 1 N–H and O–H groups in total. The first-order valence-electron chi connectivity index (χ1n) is 7.76. The second-order valence-corrected chi connectivity index (χ2v) is 7.08. The molecule has 0 fully saturated rings. The van der Waals surface area contributed by atoms with E-state index < -0.39 is 5.60 Å². The fraction of sp³-hybridized carbons (Fsp3) is 0.556. The van der Waals surface area contributed by atoms with Gasteiger partial charge in [0.1, 0.15) is 5.60 Å². The number of hydrogen-bond donors (Lipinski definition) is 1. The third kappa shape index (κ3) is 6.82. The molecular weight excluding hydrogens is 292 g/mol. The Kier molecular flexibility index (Phi) is 6.33. The van der Waals surface area contributed by atoms with E-state index in [2.05, 4.69) is 5.32 Å². The third-order valence-electron chi connectivity index (χ3n) is 3.17. The van der Waals surface area contributed by atoms with Crippen molar-refractivity contribution in [3.8, 4) is 0 Å². The van der Waals surface area contributed by atoms with Crippen molar-refractivity contribution >= 4 is 17.6 Å². The number of nitrogens with one attached hydrogen (secondary N) is 1. The van der Waals surface area contributed by atoms with Gasteiger partial charge in [-0.05, 0) is 59.7 Å². The van der Waals surface area contributed by atoms with Gasteiger partial charge in [0, 0.05) is 5.69 Å². The SMILES string of the molecule is Cc1cc(C)c(NC(=O)CN(C)CC(=O)OC(C)(C)C)c(C)c1. The fourth-order valence-electron chi connectivity index (χ4n) is 2.45. The van der Waals surface area contributed by atoms with Gasteiger partial charge in [0.2, 0.25) is 5.91 Å². The quantitative estimate of drug-likeness (QED) is 0.848. The molecule has 0 atom stereocenters. The van der Waals surface area contributed by atoms with Crippen LogP contribution in [0.5, 0.6) is 0 Å². The summed E-state index contributed by atoms with van der Waals surface area (Å²) >= 11 is 0. The van der Waals surface area contributed by atoms with Gasteiger partial charge in [-0.25, -0.2) is 0 Å². The molecule has 0 radical (unpaired) electrons. The summed E-state index contributed by atoms with van der Waals surface area (Å²) in [6.45, 7) is 11.6. The van der Waals surface area contributed by atoms with Crippen LogP contribution in [0.3, 0.4) is 0 Å². The van der Waals surface area contributed by atoms with Crippen molar-refractivity contribution in [2.45, 2.75) is 47.1 Å². The monoisotopic (exact) mass is 320 g/mol. The molecule has 5 nitrogen and oxygen atoms in total. The summed E-state index contributed by atoms with van der Waals surface area (Å²) in [5, 5.41) is 2.93. The van der Waals surface area contributed by atoms with Gasteiger partial charge in [-0.15, -0.1) is 0 Å². The van der Waals surface area contributed by atoms with Crippen molar-refractivity contribution in [1.29, 1.82) is 0 Å². The lowest BCUT2D eigenvalue weighted by molar-refractivity contribution is -0.155. The van der Waals surface area contributed by atoms with Crippen LogP contribution in [0.15, 0.2) is 12.1 Å². The highest BCUT2D eigenvalue weighted by molar-refractivity contribution is 5.94. The van der Waals surface area contributed by atoms with Crippen LogP contribution in [0.4, 0.5) is 5.69 Å². The summed E-state index contributed by atoms with van der Waals surface area (Å²) < 4.78 is 5.25. The Hall–Kier alpha value is -1.88. The second-order valence-electron chi connectivity index (χ2n) is 7.08. The lowest BCUT2D eigenvalue weighted by Gasteiger charge is -2.22. The first kappa shape index (κ1) is 19.2. The number of amides is 1. The number of aryl methyl sites for hydroxylation is 3. The van der Waals surface area contributed by atoms with Gasteiger partial charge in [-0.3, -0.25) is 14.5 Å². The van der Waals surface area contributed by atoms with E-state index in [0.29, 0.717) is 0 Å². The van der Waals surface area contributed by atoms with Crippen molar-refractivity contribution in [2.24, 2.45) is 0 Å². The number of carbonyl (C=O) groups excluding carboxylic acids is 2. The lowest BCUT2D eigenvalue weighted by atomic mass is 10.1. The molecule has 1 aromatic carbocycles. The van der Waals surface area contributed by atoms with Crippen LogP contribution in [0.2, 0.25) is 0 Å². The van der Waals surface area contributed by atoms with E-state index in [9.17, 15) is 9.59 Å². The van der Waals surface area contributed by atoms with Crippen LogP contribution in [-0.2, 0) is 14.3 Å². The van der Waals surface area contributed by atoms with Crippen molar-refractivity contribution in [2.75, 3.05) is 25.5 Å². The van der Waals surface area contributed by atoms with Gasteiger partial charge >= 0.3 is 5.97 Å². The Morgan fingerprint density at radius 2 is 1.61 bits per heavy atom. The summed E-state index contributed by atoms with van der Waals surface area (Å²) in [6.07, 6.45) is 0. The Morgan fingerprint density at radius 1 is 1.09 bits per heavy atom. The Bertz CT molecular complexity index is 565. The predicted molar refractivity (Wildman–Crippen MR) is 92.6 cm³/mol. The van der Waals surface area contributed by atoms with E-state index in [1.807, 2.05) is 53.7 Å². The zero-order valence-electron chi connectivity index (χ0n) is 15.2. The normalized spacial score (nSPS) is 11.5. The molecule has 1 amide bonds. The standard InChI is InChI=1S/C18H28N2O3/c1-12-8-13(2)17(14(3)9-12)19-15(21)10-20(7)11-16(22)23-18(4,5)6/h8-9H,10-11H2,1-7H3,(H,19,21). The third-order valence-corrected chi connectivity index (χ3v) is 3.17. The molecule has 0 aliphatic heterocycles. The molecule has 0 saturated carbocycles. The highest BCUT2D eigenvalue weighted by Crippen LogP contribution is 2.21. The fourth-order valence-corrected chi connectivity index (χ4v) is 2.45.